The summed E-state index contributed by atoms with van der Waals surface area (Å²) in [6.07, 6.45) is 1.72. The first-order valence-corrected chi connectivity index (χ1v) is 9.58. The molecule has 1 aliphatic heterocycles. The highest BCUT2D eigenvalue weighted by molar-refractivity contribution is 7.12. The summed E-state index contributed by atoms with van der Waals surface area (Å²) in [5.41, 5.74) is 2.41. The quantitative estimate of drug-likeness (QED) is 0.877. The minimum Gasteiger partial charge on any atom is -0.481 e. The minimum absolute atomic E-state index is 0.136. The number of benzene rings is 1. The number of anilines is 1. The molecular formula is C20H26N2O2S. The van der Waals surface area contributed by atoms with Crippen LogP contribution < -0.4 is 4.90 Å². The highest BCUT2D eigenvalue weighted by Gasteiger charge is 2.31. The number of hydrogen-bond donors (Lipinski definition) is 1. The van der Waals surface area contributed by atoms with Gasteiger partial charge < -0.3 is 10.0 Å². The number of thiophene rings is 1. The van der Waals surface area contributed by atoms with E-state index in [4.69, 9.17) is 0 Å². The molecule has 2 atom stereocenters. The second-order valence-electron chi connectivity index (χ2n) is 7.01. The predicted molar refractivity (Wildman–Crippen MR) is 104 cm³/mol. The van der Waals surface area contributed by atoms with E-state index in [1.165, 1.54) is 21.0 Å². The first-order valence-electron chi connectivity index (χ1n) is 8.76. The lowest BCUT2D eigenvalue weighted by atomic mass is 9.94. The minimum atomic E-state index is -0.672. The van der Waals surface area contributed by atoms with Crippen molar-refractivity contribution in [2.24, 2.45) is 5.92 Å². The Morgan fingerprint density at radius 1 is 1.24 bits per heavy atom. The zero-order chi connectivity index (χ0) is 18.0. The van der Waals surface area contributed by atoms with Crippen molar-refractivity contribution in [2.45, 2.75) is 25.8 Å². The van der Waals surface area contributed by atoms with Crippen molar-refractivity contribution in [3.63, 3.8) is 0 Å². The van der Waals surface area contributed by atoms with Crippen LogP contribution in [0.15, 0.2) is 36.4 Å². The maximum absolute atomic E-state index is 11.5. The SMILES string of the molecule is Cc1ccc(C(c2ccc(N(C)C)cc2)N2CCCC(C(=O)O)C2)s1. The van der Waals surface area contributed by atoms with E-state index in [-0.39, 0.29) is 12.0 Å². The van der Waals surface area contributed by atoms with Crippen LogP contribution in [0.5, 0.6) is 0 Å². The number of aryl methyl sites for hydroxylation is 1. The standard InChI is InChI=1S/C20H26N2O2S/c1-14-6-11-18(25-14)19(15-7-9-17(10-8-15)21(2)3)22-12-4-5-16(13-22)20(23)24/h6-11,16,19H,4-5,12-13H2,1-3H3,(H,23,24). The Morgan fingerprint density at radius 3 is 2.52 bits per heavy atom. The summed E-state index contributed by atoms with van der Waals surface area (Å²) in [6, 6.07) is 13.1. The lowest BCUT2D eigenvalue weighted by molar-refractivity contribution is -0.143. The third-order valence-corrected chi connectivity index (χ3v) is 5.98. The molecule has 1 aliphatic rings. The average Bonchev–Trinajstić information content (AvgIpc) is 3.02. The molecule has 1 N–H and O–H groups in total. The molecule has 0 amide bonds. The van der Waals surface area contributed by atoms with Crippen molar-refractivity contribution in [3.05, 3.63) is 51.7 Å². The predicted octanol–water partition coefficient (Wildman–Crippen LogP) is 4.01. The van der Waals surface area contributed by atoms with Gasteiger partial charge in [0, 0.05) is 36.1 Å². The van der Waals surface area contributed by atoms with Crippen LogP contribution >= 0.6 is 11.3 Å². The van der Waals surface area contributed by atoms with Gasteiger partial charge in [-0.3, -0.25) is 9.69 Å². The second-order valence-corrected chi connectivity index (χ2v) is 8.33. The molecule has 1 fully saturated rings. The molecule has 0 spiro atoms. The fourth-order valence-corrected chi connectivity index (χ4v) is 4.59. The molecule has 2 unspecified atom stereocenters. The number of rotatable bonds is 5. The van der Waals surface area contributed by atoms with Crippen LogP contribution in [0.25, 0.3) is 0 Å². The molecule has 1 saturated heterocycles. The normalized spacial score (nSPS) is 19.6. The molecule has 0 aliphatic carbocycles. The Kier molecular flexibility index (Phi) is 5.45. The maximum atomic E-state index is 11.5. The monoisotopic (exact) mass is 358 g/mol. The summed E-state index contributed by atoms with van der Waals surface area (Å²) in [7, 11) is 4.08. The number of carboxylic acid groups (broad SMARTS) is 1. The molecule has 2 heterocycles. The van der Waals surface area contributed by atoms with E-state index in [2.05, 4.69) is 53.1 Å². The van der Waals surface area contributed by atoms with E-state index in [1.807, 2.05) is 14.1 Å². The summed E-state index contributed by atoms with van der Waals surface area (Å²) < 4.78 is 0. The molecule has 0 bridgehead atoms. The van der Waals surface area contributed by atoms with Crippen molar-refractivity contribution >= 4 is 23.0 Å². The largest absolute Gasteiger partial charge is 0.481 e. The summed E-state index contributed by atoms with van der Waals surface area (Å²) in [5, 5.41) is 9.45. The number of likely N-dealkylation sites (tertiary alicyclic amines) is 1. The summed E-state index contributed by atoms with van der Waals surface area (Å²) in [5.74, 6) is -0.938. The van der Waals surface area contributed by atoms with E-state index >= 15 is 0 Å². The van der Waals surface area contributed by atoms with E-state index < -0.39 is 5.97 Å². The molecule has 1 aromatic carbocycles. The van der Waals surface area contributed by atoms with Crippen molar-refractivity contribution < 1.29 is 9.90 Å². The van der Waals surface area contributed by atoms with E-state index in [1.54, 1.807) is 11.3 Å². The Bertz CT molecular complexity index is 724. The van der Waals surface area contributed by atoms with Gasteiger partial charge in [0.05, 0.1) is 12.0 Å². The zero-order valence-electron chi connectivity index (χ0n) is 15.1. The highest BCUT2D eigenvalue weighted by atomic mass is 32.1. The van der Waals surface area contributed by atoms with Gasteiger partial charge in [-0.25, -0.2) is 0 Å². The third-order valence-electron chi connectivity index (χ3n) is 4.92. The van der Waals surface area contributed by atoms with Crippen molar-refractivity contribution in [3.8, 4) is 0 Å². The number of aliphatic carboxylic acids is 1. The van der Waals surface area contributed by atoms with Crippen LogP contribution in [0, 0.1) is 12.8 Å². The summed E-state index contributed by atoms with van der Waals surface area (Å²) in [6.45, 7) is 3.68. The molecule has 4 nitrogen and oxygen atoms in total. The first kappa shape index (κ1) is 18.0. The van der Waals surface area contributed by atoms with Gasteiger partial charge in [-0.05, 0) is 56.1 Å². The number of piperidine rings is 1. The average molecular weight is 359 g/mol. The fourth-order valence-electron chi connectivity index (χ4n) is 3.55. The topological polar surface area (TPSA) is 43.8 Å². The molecule has 0 saturated carbocycles. The molecule has 25 heavy (non-hydrogen) atoms. The summed E-state index contributed by atoms with van der Waals surface area (Å²) >= 11 is 1.80. The number of carbonyl (C=O) groups is 1. The Hall–Kier alpha value is -1.85. The van der Waals surface area contributed by atoms with Gasteiger partial charge in [-0.15, -0.1) is 11.3 Å². The van der Waals surface area contributed by atoms with Gasteiger partial charge in [-0.1, -0.05) is 12.1 Å². The second kappa shape index (κ2) is 7.58. The van der Waals surface area contributed by atoms with Crippen molar-refractivity contribution in [1.82, 2.24) is 4.90 Å². The lowest BCUT2D eigenvalue weighted by Crippen LogP contribution is -2.41. The molecular weight excluding hydrogens is 332 g/mol. The van der Waals surface area contributed by atoms with Crippen molar-refractivity contribution in [1.29, 1.82) is 0 Å². The van der Waals surface area contributed by atoms with Crippen LogP contribution in [0.1, 0.15) is 34.2 Å². The van der Waals surface area contributed by atoms with Gasteiger partial charge in [0.1, 0.15) is 0 Å². The van der Waals surface area contributed by atoms with Gasteiger partial charge in [0.25, 0.3) is 0 Å². The maximum Gasteiger partial charge on any atom is 0.307 e. The van der Waals surface area contributed by atoms with Crippen LogP contribution in [0.3, 0.4) is 0 Å². The Morgan fingerprint density at radius 2 is 1.96 bits per heavy atom. The van der Waals surface area contributed by atoms with Gasteiger partial charge >= 0.3 is 5.97 Å². The Balaban J connectivity index is 1.94. The number of carboxylic acids is 1. The van der Waals surface area contributed by atoms with Crippen LogP contribution in [0.2, 0.25) is 0 Å². The molecule has 3 rings (SSSR count). The van der Waals surface area contributed by atoms with Crippen LogP contribution in [-0.2, 0) is 4.79 Å². The molecule has 2 aromatic rings. The van der Waals surface area contributed by atoms with Gasteiger partial charge in [0.15, 0.2) is 0 Å². The zero-order valence-corrected chi connectivity index (χ0v) is 15.9. The smallest absolute Gasteiger partial charge is 0.307 e. The number of nitrogens with zero attached hydrogens (tertiary/aromatic N) is 2. The van der Waals surface area contributed by atoms with Gasteiger partial charge in [-0.2, -0.15) is 0 Å². The fraction of sp³-hybridized carbons (Fsp3) is 0.450. The highest BCUT2D eigenvalue weighted by Crippen LogP contribution is 2.36. The molecule has 1 aromatic heterocycles. The third kappa shape index (κ3) is 4.05. The van der Waals surface area contributed by atoms with Gasteiger partial charge in [0.2, 0.25) is 0 Å². The van der Waals surface area contributed by atoms with Crippen LogP contribution in [-0.4, -0.2) is 43.2 Å². The van der Waals surface area contributed by atoms with E-state index in [0.717, 1.165) is 19.4 Å². The number of hydrogen-bond acceptors (Lipinski definition) is 4. The van der Waals surface area contributed by atoms with Crippen molar-refractivity contribution in [2.75, 3.05) is 32.1 Å². The first-order chi connectivity index (χ1) is 12.0. The molecule has 0 radical (unpaired) electrons. The molecule has 134 valence electrons. The summed E-state index contributed by atoms with van der Waals surface area (Å²) in [4.78, 5) is 18.5. The van der Waals surface area contributed by atoms with Crippen LogP contribution in [0.4, 0.5) is 5.69 Å². The Labute approximate surface area is 153 Å². The van der Waals surface area contributed by atoms with E-state index in [9.17, 15) is 9.90 Å². The molecule has 5 heteroatoms. The lowest BCUT2D eigenvalue weighted by Gasteiger charge is -2.37. The van der Waals surface area contributed by atoms with E-state index in [0.29, 0.717) is 6.54 Å².